The Hall–Kier alpha value is -1.26. The second kappa shape index (κ2) is 6.26. The van der Waals surface area contributed by atoms with E-state index in [4.69, 9.17) is 17.3 Å². The van der Waals surface area contributed by atoms with Gasteiger partial charge >= 0.3 is 0 Å². The summed E-state index contributed by atoms with van der Waals surface area (Å²) in [5, 5.41) is 1.60. The van der Waals surface area contributed by atoms with E-state index in [1.54, 1.807) is 0 Å². The van der Waals surface area contributed by atoms with Crippen LogP contribution in [-0.4, -0.2) is 9.97 Å². The molecule has 0 spiro atoms. The van der Waals surface area contributed by atoms with Crippen molar-refractivity contribution in [3.05, 3.63) is 40.7 Å². The fraction of sp³-hybridized carbons (Fsp3) is 0.286. The predicted molar refractivity (Wildman–Crippen MR) is 80.8 cm³/mol. The molecule has 0 radical (unpaired) electrons. The first-order valence-corrected chi connectivity index (χ1v) is 7.36. The standard InChI is InChI=1S/C14H16ClN3S/c1-3-6-12-17-13(16)9(2)14(18-12)19-11-8-5-4-7-10(11)15/h4-5,7-8H,3,6H2,1-2H3,(H2,16,17,18). The van der Waals surface area contributed by atoms with E-state index in [-0.39, 0.29) is 0 Å². The lowest BCUT2D eigenvalue weighted by molar-refractivity contribution is 0.806. The van der Waals surface area contributed by atoms with Crippen LogP contribution in [0, 0.1) is 6.92 Å². The number of hydrogen-bond donors (Lipinski definition) is 1. The van der Waals surface area contributed by atoms with Crippen LogP contribution in [0.25, 0.3) is 0 Å². The highest BCUT2D eigenvalue weighted by Crippen LogP contribution is 2.34. The monoisotopic (exact) mass is 293 g/mol. The van der Waals surface area contributed by atoms with Crippen LogP contribution in [0.5, 0.6) is 0 Å². The summed E-state index contributed by atoms with van der Waals surface area (Å²) in [5.41, 5.74) is 6.85. The summed E-state index contributed by atoms with van der Waals surface area (Å²) in [7, 11) is 0. The number of nitrogens with zero attached hydrogens (tertiary/aromatic N) is 2. The van der Waals surface area contributed by atoms with Gasteiger partial charge in [0.25, 0.3) is 0 Å². The number of hydrogen-bond acceptors (Lipinski definition) is 4. The molecule has 3 nitrogen and oxygen atoms in total. The third-order valence-corrected chi connectivity index (χ3v) is 4.31. The smallest absolute Gasteiger partial charge is 0.132 e. The zero-order chi connectivity index (χ0) is 13.8. The molecule has 0 saturated heterocycles. The SMILES string of the molecule is CCCc1nc(N)c(C)c(Sc2ccccc2Cl)n1. The van der Waals surface area contributed by atoms with Crippen molar-refractivity contribution < 1.29 is 0 Å². The van der Waals surface area contributed by atoms with Gasteiger partial charge in [-0.2, -0.15) is 0 Å². The largest absolute Gasteiger partial charge is 0.383 e. The third kappa shape index (κ3) is 3.39. The topological polar surface area (TPSA) is 51.8 Å². The minimum Gasteiger partial charge on any atom is -0.383 e. The Bertz CT molecular complexity index is 587. The lowest BCUT2D eigenvalue weighted by Gasteiger charge is -2.10. The third-order valence-electron chi connectivity index (χ3n) is 2.70. The van der Waals surface area contributed by atoms with Gasteiger partial charge in [-0.25, -0.2) is 9.97 Å². The van der Waals surface area contributed by atoms with Crippen molar-refractivity contribution in [3.8, 4) is 0 Å². The average molecular weight is 294 g/mol. The summed E-state index contributed by atoms with van der Waals surface area (Å²) in [6, 6.07) is 7.72. The molecule has 100 valence electrons. The molecule has 0 bridgehead atoms. The van der Waals surface area contributed by atoms with Gasteiger partial charge in [0.2, 0.25) is 0 Å². The molecule has 19 heavy (non-hydrogen) atoms. The van der Waals surface area contributed by atoms with Crippen LogP contribution in [-0.2, 0) is 6.42 Å². The van der Waals surface area contributed by atoms with Gasteiger partial charge in [-0.1, -0.05) is 42.4 Å². The van der Waals surface area contributed by atoms with E-state index in [9.17, 15) is 0 Å². The van der Waals surface area contributed by atoms with E-state index < -0.39 is 0 Å². The van der Waals surface area contributed by atoms with Gasteiger partial charge in [-0.05, 0) is 25.5 Å². The van der Waals surface area contributed by atoms with Crippen LogP contribution < -0.4 is 5.73 Å². The van der Waals surface area contributed by atoms with Crippen molar-refractivity contribution in [2.24, 2.45) is 0 Å². The fourth-order valence-electron chi connectivity index (χ4n) is 1.62. The van der Waals surface area contributed by atoms with E-state index in [1.165, 1.54) is 11.8 Å². The van der Waals surface area contributed by atoms with Crippen LogP contribution >= 0.6 is 23.4 Å². The molecule has 2 aromatic rings. The Morgan fingerprint density at radius 1 is 1.26 bits per heavy atom. The molecule has 0 fully saturated rings. The van der Waals surface area contributed by atoms with Crippen molar-refractivity contribution in [2.75, 3.05) is 5.73 Å². The van der Waals surface area contributed by atoms with Crippen molar-refractivity contribution in [2.45, 2.75) is 36.6 Å². The molecule has 5 heteroatoms. The number of anilines is 1. The van der Waals surface area contributed by atoms with E-state index >= 15 is 0 Å². The number of aryl methyl sites for hydroxylation is 1. The predicted octanol–water partition coefficient (Wildman–Crippen LogP) is 4.12. The summed E-state index contributed by atoms with van der Waals surface area (Å²) in [6.07, 6.45) is 1.83. The molecule has 0 unspecified atom stereocenters. The van der Waals surface area contributed by atoms with Crippen LogP contribution in [0.15, 0.2) is 34.2 Å². The highest BCUT2D eigenvalue weighted by atomic mass is 35.5. The van der Waals surface area contributed by atoms with Gasteiger partial charge in [0.1, 0.15) is 16.7 Å². The molecule has 0 aliphatic carbocycles. The molecule has 1 aromatic heterocycles. The Morgan fingerprint density at radius 2 is 2.00 bits per heavy atom. The Labute approximate surface area is 122 Å². The van der Waals surface area contributed by atoms with Gasteiger partial charge in [-0.3, -0.25) is 0 Å². The minimum absolute atomic E-state index is 0.549. The maximum atomic E-state index is 6.17. The lowest BCUT2D eigenvalue weighted by atomic mass is 10.3. The number of benzene rings is 1. The normalized spacial score (nSPS) is 10.7. The van der Waals surface area contributed by atoms with Gasteiger partial charge < -0.3 is 5.73 Å². The first-order valence-electron chi connectivity index (χ1n) is 6.17. The molecule has 0 saturated carbocycles. The molecule has 2 rings (SSSR count). The maximum absolute atomic E-state index is 6.17. The molecule has 0 aliphatic rings. The Kier molecular flexibility index (Phi) is 4.66. The second-order valence-electron chi connectivity index (χ2n) is 4.24. The number of rotatable bonds is 4. The van der Waals surface area contributed by atoms with Crippen molar-refractivity contribution >= 4 is 29.2 Å². The van der Waals surface area contributed by atoms with Crippen LogP contribution in [0.2, 0.25) is 5.02 Å². The maximum Gasteiger partial charge on any atom is 0.132 e. The van der Waals surface area contributed by atoms with Crippen LogP contribution in [0.3, 0.4) is 0 Å². The fourth-order valence-corrected chi connectivity index (χ4v) is 2.81. The number of aromatic nitrogens is 2. The van der Waals surface area contributed by atoms with Crippen molar-refractivity contribution in [1.82, 2.24) is 9.97 Å². The van der Waals surface area contributed by atoms with Crippen LogP contribution in [0.1, 0.15) is 24.7 Å². The van der Waals surface area contributed by atoms with Gasteiger partial charge in [0.05, 0.1) is 5.02 Å². The molecule has 0 atom stereocenters. The summed E-state index contributed by atoms with van der Waals surface area (Å²) < 4.78 is 0. The number of nitrogens with two attached hydrogens (primary N) is 1. The molecular formula is C14H16ClN3S. The van der Waals surface area contributed by atoms with Crippen LogP contribution in [0.4, 0.5) is 5.82 Å². The van der Waals surface area contributed by atoms with Crippen molar-refractivity contribution in [3.63, 3.8) is 0 Å². The zero-order valence-corrected chi connectivity index (χ0v) is 12.6. The molecule has 0 aliphatic heterocycles. The first kappa shape index (κ1) is 14.2. The summed E-state index contributed by atoms with van der Waals surface area (Å²) in [4.78, 5) is 9.86. The van der Waals surface area contributed by atoms with E-state index in [0.717, 1.165) is 39.2 Å². The second-order valence-corrected chi connectivity index (χ2v) is 5.68. The average Bonchev–Trinajstić information content (AvgIpc) is 2.38. The molecule has 2 N–H and O–H groups in total. The summed E-state index contributed by atoms with van der Waals surface area (Å²) in [6.45, 7) is 4.03. The summed E-state index contributed by atoms with van der Waals surface area (Å²) >= 11 is 7.70. The first-order chi connectivity index (χ1) is 9.11. The van der Waals surface area contributed by atoms with E-state index in [0.29, 0.717) is 5.82 Å². The minimum atomic E-state index is 0.549. The highest BCUT2D eigenvalue weighted by molar-refractivity contribution is 7.99. The zero-order valence-electron chi connectivity index (χ0n) is 11.0. The van der Waals surface area contributed by atoms with E-state index in [1.807, 2.05) is 31.2 Å². The Morgan fingerprint density at radius 3 is 2.68 bits per heavy atom. The van der Waals surface area contributed by atoms with Gasteiger partial charge in [-0.15, -0.1) is 0 Å². The number of halogens is 1. The molecular weight excluding hydrogens is 278 g/mol. The molecule has 0 amide bonds. The van der Waals surface area contributed by atoms with Crippen molar-refractivity contribution in [1.29, 1.82) is 0 Å². The van der Waals surface area contributed by atoms with Gasteiger partial charge in [0, 0.05) is 16.9 Å². The Balaban J connectivity index is 2.36. The summed E-state index contributed by atoms with van der Waals surface area (Å²) in [5.74, 6) is 1.34. The molecule has 1 heterocycles. The van der Waals surface area contributed by atoms with Gasteiger partial charge in [0.15, 0.2) is 0 Å². The number of nitrogen functional groups attached to an aromatic ring is 1. The van der Waals surface area contributed by atoms with E-state index in [2.05, 4.69) is 16.9 Å². The molecule has 1 aromatic carbocycles. The highest BCUT2D eigenvalue weighted by Gasteiger charge is 2.11. The lowest BCUT2D eigenvalue weighted by Crippen LogP contribution is -2.04. The quantitative estimate of drug-likeness (QED) is 0.861.